The van der Waals surface area contributed by atoms with E-state index in [1.165, 1.54) is 6.07 Å². The summed E-state index contributed by atoms with van der Waals surface area (Å²) in [6.07, 6.45) is 0.191. The second-order valence-electron chi connectivity index (χ2n) is 5.63. The van der Waals surface area contributed by atoms with Crippen LogP contribution < -0.4 is 0 Å². The standard InChI is InChI=1S/C15H20FNOS/c1-15(2)11-17(7-8-19-15)10-13(18)9-12-5-3-4-6-14(12)16/h3-6H,7-11H2,1-2H3. The lowest BCUT2D eigenvalue weighted by Gasteiger charge is -2.37. The van der Waals surface area contributed by atoms with Crippen LogP contribution in [0, 0.1) is 5.82 Å². The number of Topliss-reactive ketones (excluding diaryl/α,β-unsaturated/α-hetero) is 1. The van der Waals surface area contributed by atoms with Crippen molar-refractivity contribution in [2.45, 2.75) is 25.0 Å². The van der Waals surface area contributed by atoms with Crippen molar-refractivity contribution in [3.8, 4) is 0 Å². The maximum atomic E-state index is 13.5. The van der Waals surface area contributed by atoms with Gasteiger partial charge in [-0.05, 0) is 25.5 Å². The third kappa shape index (κ3) is 4.32. The third-order valence-corrected chi connectivity index (χ3v) is 4.55. The average Bonchev–Trinajstić information content (AvgIpc) is 2.30. The first-order valence-corrected chi connectivity index (χ1v) is 7.56. The Hall–Kier alpha value is -0.870. The Kier molecular flexibility index (Phi) is 4.63. The summed E-state index contributed by atoms with van der Waals surface area (Å²) in [4.78, 5) is 14.2. The van der Waals surface area contributed by atoms with E-state index in [1.807, 2.05) is 11.8 Å². The number of hydrogen-bond donors (Lipinski definition) is 0. The van der Waals surface area contributed by atoms with Gasteiger partial charge in [-0.15, -0.1) is 0 Å². The highest BCUT2D eigenvalue weighted by Gasteiger charge is 2.27. The Morgan fingerprint density at radius 1 is 1.42 bits per heavy atom. The maximum absolute atomic E-state index is 13.5. The number of thioether (sulfide) groups is 1. The monoisotopic (exact) mass is 281 g/mol. The van der Waals surface area contributed by atoms with E-state index in [0.717, 1.165) is 18.8 Å². The first-order chi connectivity index (χ1) is 8.96. The van der Waals surface area contributed by atoms with Gasteiger partial charge in [-0.1, -0.05) is 18.2 Å². The Morgan fingerprint density at radius 3 is 2.84 bits per heavy atom. The van der Waals surface area contributed by atoms with Crippen molar-refractivity contribution < 1.29 is 9.18 Å². The lowest BCUT2D eigenvalue weighted by molar-refractivity contribution is -0.119. The van der Waals surface area contributed by atoms with E-state index >= 15 is 0 Å². The number of hydrogen-bond acceptors (Lipinski definition) is 3. The normalized spacial score (nSPS) is 19.3. The summed E-state index contributed by atoms with van der Waals surface area (Å²) < 4.78 is 13.7. The molecule has 0 atom stereocenters. The van der Waals surface area contributed by atoms with E-state index in [-0.39, 0.29) is 22.8 Å². The van der Waals surface area contributed by atoms with Crippen LogP contribution in [0.3, 0.4) is 0 Å². The molecule has 0 N–H and O–H groups in total. The molecule has 0 saturated carbocycles. The molecular weight excluding hydrogens is 261 g/mol. The lowest BCUT2D eigenvalue weighted by atomic mass is 10.1. The summed E-state index contributed by atoms with van der Waals surface area (Å²) in [5.41, 5.74) is 0.498. The summed E-state index contributed by atoms with van der Waals surface area (Å²) in [7, 11) is 0. The van der Waals surface area contributed by atoms with Crippen molar-refractivity contribution in [1.29, 1.82) is 0 Å². The smallest absolute Gasteiger partial charge is 0.151 e. The van der Waals surface area contributed by atoms with Crippen LogP contribution >= 0.6 is 11.8 Å². The van der Waals surface area contributed by atoms with Crippen LogP contribution in [0.4, 0.5) is 4.39 Å². The number of benzene rings is 1. The molecule has 1 aromatic carbocycles. The van der Waals surface area contributed by atoms with Gasteiger partial charge in [0.1, 0.15) is 5.82 Å². The Balaban J connectivity index is 1.90. The molecule has 0 amide bonds. The van der Waals surface area contributed by atoms with Crippen LogP contribution in [-0.2, 0) is 11.2 Å². The Morgan fingerprint density at radius 2 is 2.16 bits per heavy atom. The van der Waals surface area contributed by atoms with E-state index < -0.39 is 0 Å². The van der Waals surface area contributed by atoms with Crippen LogP contribution in [0.5, 0.6) is 0 Å². The highest BCUT2D eigenvalue weighted by atomic mass is 32.2. The molecule has 2 rings (SSSR count). The van der Waals surface area contributed by atoms with Gasteiger partial charge in [0.15, 0.2) is 5.78 Å². The molecule has 0 spiro atoms. The first kappa shape index (κ1) is 14.5. The number of carbonyl (C=O) groups excluding carboxylic acids is 1. The van der Waals surface area contributed by atoms with Crippen molar-refractivity contribution in [2.75, 3.05) is 25.4 Å². The van der Waals surface area contributed by atoms with Crippen molar-refractivity contribution in [2.24, 2.45) is 0 Å². The molecule has 0 aliphatic carbocycles. The fraction of sp³-hybridized carbons (Fsp3) is 0.533. The molecule has 1 heterocycles. The zero-order valence-electron chi connectivity index (χ0n) is 11.5. The third-order valence-electron chi connectivity index (χ3n) is 3.25. The van der Waals surface area contributed by atoms with Gasteiger partial charge in [0.2, 0.25) is 0 Å². The van der Waals surface area contributed by atoms with E-state index in [0.29, 0.717) is 12.1 Å². The number of nitrogens with zero attached hydrogens (tertiary/aromatic N) is 1. The summed E-state index contributed by atoms with van der Waals surface area (Å²) in [6, 6.07) is 6.51. The highest BCUT2D eigenvalue weighted by Crippen LogP contribution is 2.29. The fourth-order valence-electron chi connectivity index (χ4n) is 2.41. The van der Waals surface area contributed by atoms with Crippen molar-refractivity contribution in [1.82, 2.24) is 4.90 Å². The molecule has 104 valence electrons. The van der Waals surface area contributed by atoms with Gasteiger partial charge in [0, 0.05) is 30.0 Å². The number of carbonyl (C=O) groups is 1. The molecule has 4 heteroatoms. The molecule has 0 bridgehead atoms. The molecule has 2 nitrogen and oxygen atoms in total. The van der Waals surface area contributed by atoms with E-state index in [1.54, 1.807) is 18.2 Å². The second-order valence-corrected chi connectivity index (χ2v) is 7.43. The quantitative estimate of drug-likeness (QED) is 0.846. The van der Waals surface area contributed by atoms with Crippen LogP contribution in [0.1, 0.15) is 19.4 Å². The SMILES string of the molecule is CC1(C)CN(CC(=O)Cc2ccccc2F)CCS1. The molecule has 0 radical (unpaired) electrons. The van der Waals surface area contributed by atoms with Gasteiger partial charge in [0.25, 0.3) is 0 Å². The first-order valence-electron chi connectivity index (χ1n) is 6.58. The Bertz CT molecular complexity index is 461. The predicted molar refractivity (Wildman–Crippen MR) is 78.1 cm³/mol. The topological polar surface area (TPSA) is 20.3 Å². The minimum Gasteiger partial charge on any atom is -0.298 e. The van der Waals surface area contributed by atoms with Crippen LogP contribution in [0.25, 0.3) is 0 Å². The average molecular weight is 281 g/mol. The van der Waals surface area contributed by atoms with Gasteiger partial charge in [0.05, 0.1) is 6.54 Å². The molecular formula is C15H20FNOS. The molecule has 1 aromatic rings. The van der Waals surface area contributed by atoms with E-state index in [2.05, 4.69) is 18.7 Å². The van der Waals surface area contributed by atoms with E-state index in [4.69, 9.17) is 0 Å². The summed E-state index contributed by atoms with van der Waals surface area (Å²) >= 11 is 1.94. The number of halogens is 1. The van der Waals surface area contributed by atoms with Crippen LogP contribution in [0.2, 0.25) is 0 Å². The van der Waals surface area contributed by atoms with Gasteiger partial charge in [-0.25, -0.2) is 4.39 Å². The second kappa shape index (κ2) is 6.06. The Labute approximate surface area is 118 Å². The van der Waals surface area contributed by atoms with Crippen LogP contribution in [-0.4, -0.2) is 40.8 Å². The van der Waals surface area contributed by atoms with Crippen molar-refractivity contribution in [3.05, 3.63) is 35.6 Å². The minimum atomic E-state index is -0.287. The lowest BCUT2D eigenvalue weighted by Crippen LogP contribution is -2.45. The molecule has 19 heavy (non-hydrogen) atoms. The molecule has 0 aromatic heterocycles. The number of rotatable bonds is 4. The van der Waals surface area contributed by atoms with Crippen molar-refractivity contribution in [3.63, 3.8) is 0 Å². The van der Waals surface area contributed by atoms with Crippen LogP contribution in [0.15, 0.2) is 24.3 Å². The van der Waals surface area contributed by atoms with Crippen molar-refractivity contribution >= 4 is 17.5 Å². The number of ketones is 1. The highest BCUT2D eigenvalue weighted by molar-refractivity contribution is 8.00. The molecule has 1 aliphatic rings. The maximum Gasteiger partial charge on any atom is 0.151 e. The molecule has 0 unspecified atom stereocenters. The molecule has 1 fully saturated rings. The molecule has 1 saturated heterocycles. The van der Waals surface area contributed by atoms with Gasteiger partial charge in [-0.2, -0.15) is 11.8 Å². The summed E-state index contributed by atoms with van der Waals surface area (Å²) in [5.74, 6) is 0.859. The van der Waals surface area contributed by atoms with Gasteiger partial charge >= 0.3 is 0 Å². The molecule has 1 aliphatic heterocycles. The predicted octanol–water partition coefficient (Wildman–Crippen LogP) is 2.76. The van der Waals surface area contributed by atoms with Gasteiger partial charge < -0.3 is 0 Å². The zero-order valence-corrected chi connectivity index (χ0v) is 12.3. The summed E-state index contributed by atoms with van der Waals surface area (Å²) in [5, 5.41) is 0. The van der Waals surface area contributed by atoms with E-state index in [9.17, 15) is 9.18 Å². The summed E-state index contributed by atoms with van der Waals surface area (Å²) in [6.45, 7) is 6.69. The largest absolute Gasteiger partial charge is 0.298 e. The zero-order chi connectivity index (χ0) is 13.9. The minimum absolute atomic E-state index is 0.0906. The van der Waals surface area contributed by atoms with Gasteiger partial charge in [-0.3, -0.25) is 9.69 Å². The fourth-order valence-corrected chi connectivity index (χ4v) is 3.58.